The first kappa shape index (κ1) is 18.5. The van der Waals surface area contributed by atoms with Crippen LogP contribution in [0.3, 0.4) is 0 Å². The molecule has 1 unspecified atom stereocenters. The number of phenolic OH excluding ortho intramolecular Hbond substituents is 1. The summed E-state index contributed by atoms with van der Waals surface area (Å²) in [5.41, 5.74) is 0.312. The van der Waals surface area contributed by atoms with Gasteiger partial charge >= 0.3 is 5.97 Å². The Hall–Kier alpha value is -1.55. The van der Waals surface area contributed by atoms with Gasteiger partial charge < -0.3 is 14.6 Å². The average Bonchev–Trinajstić information content (AvgIpc) is 2.40. The summed E-state index contributed by atoms with van der Waals surface area (Å²) >= 11 is 0. The highest BCUT2D eigenvalue weighted by molar-refractivity contribution is 5.75. The molecule has 0 aromatic heterocycles. The molecule has 1 rings (SSSR count). The molecule has 0 aliphatic carbocycles. The van der Waals surface area contributed by atoms with Crippen LogP contribution in [0.15, 0.2) is 24.3 Å². The number of benzene rings is 1. The number of carbonyl (C=O) groups excluding carboxylic acids is 1. The Morgan fingerprint density at radius 2 is 2.00 bits per heavy atom. The lowest BCUT2D eigenvalue weighted by Crippen LogP contribution is -2.35. The fraction of sp³-hybridized carbons (Fsp3) is 0.611. The van der Waals surface area contributed by atoms with E-state index in [1.165, 1.54) is 0 Å². The lowest BCUT2D eigenvalue weighted by molar-refractivity contribution is -0.168. The zero-order chi connectivity index (χ0) is 16.6. The van der Waals surface area contributed by atoms with Gasteiger partial charge in [-0.25, -0.2) is 4.79 Å². The van der Waals surface area contributed by atoms with E-state index in [2.05, 4.69) is 6.92 Å². The van der Waals surface area contributed by atoms with E-state index in [9.17, 15) is 9.90 Å². The Labute approximate surface area is 133 Å². The maximum atomic E-state index is 12.3. The summed E-state index contributed by atoms with van der Waals surface area (Å²) in [7, 11) is 0. The van der Waals surface area contributed by atoms with E-state index >= 15 is 0 Å². The van der Waals surface area contributed by atoms with E-state index in [0.29, 0.717) is 13.0 Å². The summed E-state index contributed by atoms with van der Waals surface area (Å²) in [4.78, 5) is 12.3. The van der Waals surface area contributed by atoms with Gasteiger partial charge in [-0.2, -0.15) is 0 Å². The predicted molar refractivity (Wildman–Crippen MR) is 86.9 cm³/mol. The Balaban J connectivity index is 2.70. The number of hydrogen-bond donors (Lipinski definition) is 1. The molecular weight excluding hydrogens is 280 g/mol. The zero-order valence-electron chi connectivity index (χ0n) is 14.1. The van der Waals surface area contributed by atoms with Gasteiger partial charge in [-0.05, 0) is 44.9 Å². The van der Waals surface area contributed by atoms with Crippen LogP contribution in [-0.2, 0) is 20.7 Å². The molecule has 1 N–H and O–H groups in total. The van der Waals surface area contributed by atoms with Crippen LogP contribution in [0.4, 0.5) is 0 Å². The lowest BCUT2D eigenvalue weighted by Gasteiger charge is -2.24. The Kier molecular flexibility index (Phi) is 7.39. The van der Waals surface area contributed by atoms with Gasteiger partial charge in [-0.15, -0.1) is 0 Å². The minimum atomic E-state index is -0.641. The number of aromatic hydroxyl groups is 1. The van der Waals surface area contributed by atoms with Crippen molar-refractivity contribution < 1.29 is 19.4 Å². The fourth-order valence-corrected chi connectivity index (χ4v) is 2.05. The van der Waals surface area contributed by atoms with Gasteiger partial charge in [0.05, 0.1) is 0 Å². The summed E-state index contributed by atoms with van der Waals surface area (Å²) < 4.78 is 11.2. The van der Waals surface area contributed by atoms with E-state index in [1.807, 2.05) is 26.8 Å². The Morgan fingerprint density at radius 3 is 2.59 bits per heavy atom. The number of carbonyl (C=O) groups is 1. The third-order valence-electron chi connectivity index (χ3n) is 3.07. The highest BCUT2D eigenvalue weighted by atomic mass is 16.6. The number of esters is 1. The first-order chi connectivity index (χ1) is 10.3. The van der Waals surface area contributed by atoms with Crippen molar-refractivity contribution in [3.63, 3.8) is 0 Å². The lowest BCUT2D eigenvalue weighted by atomic mass is 10.1. The molecule has 0 saturated carbocycles. The summed E-state index contributed by atoms with van der Waals surface area (Å²) in [6.07, 6.45) is 2.86. The van der Waals surface area contributed by atoms with Gasteiger partial charge in [0.15, 0.2) is 6.10 Å². The van der Waals surface area contributed by atoms with Crippen LogP contribution in [0.1, 0.15) is 52.5 Å². The van der Waals surface area contributed by atoms with Crippen molar-refractivity contribution in [1.82, 2.24) is 0 Å². The monoisotopic (exact) mass is 308 g/mol. The zero-order valence-corrected chi connectivity index (χ0v) is 14.1. The number of ether oxygens (including phenoxy) is 2. The van der Waals surface area contributed by atoms with Crippen molar-refractivity contribution in [3.8, 4) is 5.75 Å². The minimum absolute atomic E-state index is 0.187. The smallest absolute Gasteiger partial charge is 0.336 e. The second-order valence-corrected chi connectivity index (χ2v) is 6.47. The first-order valence-corrected chi connectivity index (χ1v) is 7.94. The molecule has 124 valence electrons. The van der Waals surface area contributed by atoms with Crippen LogP contribution in [0.2, 0.25) is 0 Å². The van der Waals surface area contributed by atoms with Crippen molar-refractivity contribution in [3.05, 3.63) is 29.8 Å². The van der Waals surface area contributed by atoms with Crippen molar-refractivity contribution >= 4 is 5.97 Å². The van der Waals surface area contributed by atoms with Crippen LogP contribution in [0.25, 0.3) is 0 Å². The molecule has 0 heterocycles. The first-order valence-electron chi connectivity index (χ1n) is 7.94. The quantitative estimate of drug-likeness (QED) is 0.585. The number of unbranched alkanes of at least 4 members (excludes halogenated alkanes) is 2. The van der Waals surface area contributed by atoms with Gasteiger partial charge in [0, 0.05) is 13.0 Å². The maximum Gasteiger partial charge on any atom is 0.336 e. The van der Waals surface area contributed by atoms with Gasteiger partial charge in [0.1, 0.15) is 11.4 Å². The second-order valence-electron chi connectivity index (χ2n) is 6.47. The molecule has 4 nitrogen and oxygen atoms in total. The average molecular weight is 308 g/mol. The van der Waals surface area contributed by atoms with Crippen LogP contribution in [-0.4, -0.2) is 29.4 Å². The number of phenols is 1. The Morgan fingerprint density at radius 1 is 1.27 bits per heavy atom. The van der Waals surface area contributed by atoms with E-state index in [1.54, 1.807) is 18.2 Å². The molecule has 0 amide bonds. The summed E-state index contributed by atoms with van der Waals surface area (Å²) in [5.74, 6) is -0.168. The topological polar surface area (TPSA) is 55.8 Å². The largest absolute Gasteiger partial charge is 0.508 e. The van der Waals surface area contributed by atoms with Crippen molar-refractivity contribution in [2.45, 2.75) is 65.1 Å². The molecular formula is C18H28O4. The molecule has 0 radical (unpaired) electrons. The van der Waals surface area contributed by atoms with E-state index in [4.69, 9.17) is 9.47 Å². The van der Waals surface area contributed by atoms with Crippen molar-refractivity contribution in [1.29, 1.82) is 0 Å². The van der Waals surface area contributed by atoms with E-state index in [-0.39, 0.29) is 11.7 Å². The minimum Gasteiger partial charge on any atom is -0.508 e. The molecule has 0 aliphatic heterocycles. The highest BCUT2D eigenvalue weighted by Crippen LogP contribution is 2.17. The van der Waals surface area contributed by atoms with Gasteiger partial charge in [-0.1, -0.05) is 31.9 Å². The summed E-state index contributed by atoms with van der Waals surface area (Å²) in [5, 5.41) is 9.54. The third kappa shape index (κ3) is 7.46. The molecule has 1 atom stereocenters. The third-order valence-corrected chi connectivity index (χ3v) is 3.07. The van der Waals surface area contributed by atoms with Gasteiger partial charge in [0.2, 0.25) is 0 Å². The normalized spacial score (nSPS) is 12.9. The molecule has 0 spiro atoms. The number of rotatable bonds is 8. The van der Waals surface area contributed by atoms with Gasteiger partial charge in [0.25, 0.3) is 0 Å². The van der Waals surface area contributed by atoms with Crippen molar-refractivity contribution in [2.24, 2.45) is 0 Å². The number of hydrogen-bond acceptors (Lipinski definition) is 4. The molecule has 0 bridgehead atoms. The molecule has 1 aromatic rings. The molecule has 0 saturated heterocycles. The fourth-order valence-electron chi connectivity index (χ4n) is 2.05. The summed E-state index contributed by atoms with van der Waals surface area (Å²) in [6, 6.07) is 6.88. The van der Waals surface area contributed by atoms with E-state index in [0.717, 1.165) is 24.8 Å². The van der Waals surface area contributed by atoms with Crippen LogP contribution < -0.4 is 0 Å². The standard InChI is InChI=1S/C18H28O4/c1-5-6-7-11-21-16(17(20)22-18(2,3)4)13-14-9-8-10-15(19)12-14/h8-10,12,16,19H,5-7,11,13H2,1-4H3. The van der Waals surface area contributed by atoms with Gasteiger partial charge in [-0.3, -0.25) is 0 Å². The van der Waals surface area contributed by atoms with Crippen LogP contribution in [0, 0.1) is 0 Å². The molecule has 4 heteroatoms. The second kappa shape index (κ2) is 8.79. The van der Waals surface area contributed by atoms with Crippen molar-refractivity contribution in [2.75, 3.05) is 6.61 Å². The molecule has 0 aliphatic rings. The van der Waals surface area contributed by atoms with E-state index < -0.39 is 11.7 Å². The maximum absolute atomic E-state index is 12.3. The molecule has 22 heavy (non-hydrogen) atoms. The summed E-state index contributed by atoms with van der Waals surface area (Å²) in [6.45, 7) is 8.18. The van der Waals surface area contributed by atoms with Crippen LogP contribution >= 0.6 is 0 Å². The molecule has 1 aromatic carbocycles. The predicted octanol–water partition coefficient (Wildman–Crippen LogP) is 3.85. The molecule has 0 fully saturated rings. The Bertz CT molecular complexity index is 462. The SMILES string of the molecule is CCCCCOC(Cc1cccc(O)c1)C(=O)OC(C)(C)C. The van der Waals surface area contributed by atoms with Crippen LogP contribution in [0.5, 0.6) is 5.75 Å². The highest BCUT2D eigenvalue weighted by Gasteiger charge is 2.26.